The molecule has 1 N–H and O–H groups in total. The van der Waals surface area contributed by atoms with Gasteiger partial charge in [0.2, 0.25) is 0 Å². The number of rotatable bonds is 5. The number of carbonyl (C=O) groups excluding carboxylic acids is 1. The molecule has 0 radical (unpaired) electrons. The fourth-order valence-corrected chi connectivity index (χ4v) is 2.24. The number of hydrogen-bond donors (Lipinski definition) is 1. The first kappa shape index (κ1) is 16.5. The summed E-state index contributed by atoms with van der Waals surface area (Å²) in [5.74, 6) is 0.630. The number of para-hydroxylation sites is 1. The second-order valence-corrected chi connectivity index (χ2v) is 4.56. The van der Waals surface area contributed by atoms with E-state index in [1.54, 1.807) is 0 Å². The minimum absolute atomic E-state index is 0. The van der Waals surface area contributed by atoms with Crippen LogP contribution in [0.2, 0.25) is 0 Å². The van der Waals surface area contributed by atoms with Crippen LogP contribution in [-0.4, -0.2) is 31.8 Å². The predicted octanol–water partition coefficient (Wildman–Crippen LogP) is 2.12. The number of esters is 1. The van der Waals surface area contributed by atoms with Gasteiger partial charge in [-0.25, -0.2) is 0 Å². The zero-order valence-electron chi connectivity index (χ0n) is 11.5. The van der Waals surface area contributed by atoms with Crippen LogP contribution in [0.3, 0.4) is 0 Å². The van der Waals surface area contributed by atoms with E-state index in [1.165, 1.54) is 7.11 Å². The highest BCUT2D eigenvalue weighted by atomic mass is 35.5. The van der Waals surface area contributed by atoms with E-state index in [0.29, 0.717) is 13.0 Å². The van der Waals surface area contributed by atoms with Gasteiger partial charge in [-0.2, -0.15) is 0 Å². The summed E-state index contributed by atoms with van der Waals surface area (Å²) in [5.41, 5.74) is 1.11. The van der Waals surface area contributed by atoms with Crippen molar-refractivity contribution in [2.24, 2.45) is 0 Å². The van der Waals surface area contributed by atoms with Gasteiger partial charge in [-0.1, -0.05) is 24.3 Å². The van der Waals surface area contributed by atoms with Crippen molar-refractivity contribution in [1.82, 2.24) is 5.32 Å². The van der Waals surface area contributed by atoms with Crippen molar-refractivity contribution in [3.63, 3.8) is 0 Å². The molecule has 1 aliphatic heterocycles. The highest BCUT2D eigenvalue weighted by Gasteiger charge is 2.31. The number of benzene rings is 1. The van der Waals surface area contributed by atoms with Crippen LogP contribution in [0.15, 0.2) is 36.9 Å². The van der Waals surface area contributed by atoms with Gasteiger partial charge in [0.15, 0.2) is 0 Å². The fourth-order valence-electron chi connectivity index (χ4n) is 2.24. The first-order valence-corrected chi connectivity index (χ1v) is 6.41. The van der Waals surface area contributed by atoms with E-state index in [4.69, 9.17) is 9.47 Å². The van der Waals surface area contributed by atoms with Crippen LogP contribution in [0.4, 0.5) is 0 Å². The maximum Gasteiger partial charge on any atom is 0.323 e. The molecule has 1 aromatic carbocycles. The van der Waals surface area contributed by atoms with Crippen LogP contribution in [0.5, 0.6) is 5.75 Å². The summed E-state index contributed by atoms with van der Waals surface area (Å²) < 4.78 is 10.7. The predicted molar refractivity (Wildman–Crippen MR) is 80.4 cm³/mol. The second kappa shape index (κ2) is 7.92. The molecule has 4 nitrogen and oxygen atoms in total. The van der Waals surface area contributed by atoms with Gasteiger partial charge in [-0.15, -0.1) is 19.0 Å². The zero-order chi connectivity index (χ0) is 13.7. The third kappa shape index (κ3) is 3.99. The third-order valence-electron chi connectivity index (χ3n) is 3.21. The van der Waals surface area contributed by atoms with E-state index in [2.05, 4.69) is 11.9 Å². The van der Waals surface area contributed by atoms with E-state index in [0.717, 1.165) is 17.7 Å². The van der Waals surface area contributed by atoms with Gasteiger partial charge < -0.3 is 14.8 Å². The molecule has 0 saturated carbocycles. The van der Waals surface area contributed by atoms with E-state index in [-0.39, 0.29) is 30.5 Å². The lowest BCUT2D eigenvalue weighted by Crippen LogP contribution is -2.31. The Kier molecular flexibility index (Phi) is 6.55. The van der Waals surface area contributed by atoms with Crippen LogP contribution in [-0.2, 0) is 16.0 Å². The molecule has 0 bridgehead atoms. The molecule has 20 heavy (non-hydrogen) atoms. The number of hydrogen-bond acceptors (Lipinski definition) is 4. The van der Waals surface area contributed by atoms with Crippen molar-refractivity contribution in [2.45, 2.75) is 25.0 Å². The molecule has 0 unspecified atom stereocenters. The van der Waals surface area contributed by atoms with Gasteiger partial charge >= 0.3 is 5.97 Å². The average Bonchev–Trinajstić information content (AvgIpc) is 2.89. The van der Waals surface area contributed by atoms with E-state index >= 15 is 0 Å². The average molecular weight is 298 g/mol. The lowest BCUT2D eigenvalue weighted by atomic mass is 10.1. The van der Waals surface area contributed by atoms with Crippen molar-refractivity contribution in [2.75, 3.05) is 13.7 Å². The first-order chi connectivity index (χ1) is 9.24. The molecular formula is C15H20ClNO3. The van der Waals surface area contributed by atoms with Gasteiger partial charge in [-0.3, -0.25) is 4.79 Å². The minimum Gasteiger partial charge on any atom is -0.489 e. The Morgan fingerprint density at radius 2 is 2.25 bits per heavy atom. The van der Waals surface area contributed by atoms with Gasteiger partial charge in [-0.05, 0) is 18.1 Å². The summed E-state index contributed by atoms with van der Waals surface area (Å²) in [7, 11) is 1.40. The Balaban J connectivity index is 0.00000200. The molecular weight excluding hydrogens is 278 g/mol. The normalized spacial score (nSPS) is 20.9. The smallest absolute Gasteiger partial charge is 0.323 e. The Morgan fingerprint density at radius 1 is 1.50 bits per heavy atom. The molecule has 1 heterocycles. The van der Waals surface area contributed by atoms with Crippen LogP contribution in [0.25, 0.3) is 0 Å². The van der Waals surface area contributed by atoms with Gasteiger partial charge in [0.25, 0.3) is 0 Å². The number of halogens is 1. The minimum atomic E-state index is -0.262. The zero-order valence-corrected chi connectivity index (χ0v) is 12.3. The molecule has 0 aromatic heterocycles. The lowest BCUT2D eigenvalue weighted by Gasteiger charge is -2.15. The summed E-state index contributed by atoms with van der Waals surface area (Å²) in [4.78, 5) is 11.4. The van der Waals surface area contributed by atoms with Crippen molar-refractivity contribution in [1.29, 1.82) is 0 Å². The highest BCUT2D eigenvalue weighted by molar-refractivity contribution is 5.85. The number of nitrogens with one attached hydrogen (secondary N) is 1. The maximum atomic E-state index is 11.4. The summed E-state index contributed by atoms with van der Waals surface area (Å²) in [6.07, 6.45) is 3.26. The van der Waals surface area contributed by atoms with E-state index in [9.17, 15) is 4.79 Å². The lowest BCUT2D eigenvalue weighted by molar-refractivity contribution is -0.142. The second-order valence-electron chi connectivity index (χ2n) is 4.56. The maximum absolute atomic E-state index is 11.4. The van der Waals surface area contributed by atoms with Gasteiger partial charge in [0.05, 0.1) is 7.11 Å². The molecule has 1 aliphatic rings. The summed E-state index contributed by atoms with van der Waals surface area (Å²) in [6.45, 7) is 4.40. The van der Waals surface area contributed by atoms with Gasteiger partial charge in [0, 0.05) is 13.0 Å². The molecule has 1 saturated heterocycles. The molecule has 110 valence electrons. The Hall–Kier alpha value is -1.52. The standard InChI is InChI=1S/C15H19NO3.ClH/c1-3-6-11-7-4-5-8-14(11)19-12-9-13(16-10-12)15(17)18-2;/h3-5,7-8,12-13,16H,1,6,9-10H2,2H3;1H/t12-,13+;/m1./s1. The third-order valence-corrected chi connectivity index (χ3v) is 3.21. The quantitative estimate of drug-likeness (QED) is 0.668. The molecule has 2 atom stereocenters. The van der Waals surface area contributed by atoms with E-state index in [1.807, 2.05) is 30.3 Å². The number of allylic oxidation sites excluding steroid dienone is 1. The SMILES string of the molecule is C=CCc1ccccc1O[C@H]1CN[C@H](C(=O)OC)C1.Cl. The van der Waals surface area contributed by atoms with Crippen LogP contribution < -0.4 is 10.1 Å². The summed E-state index contributed by atoms with van der Waals surface area (Å²) in [6, 6.07) is 7.64. The molecule has 1 aromatic rings. The van der Waals surface area contributed by atoms with Crippen LogP contribution >= 0.6 is 12.4 Å². The summed E-state index contributed by atoms with van der Waals surface area (Å²) >= 11 is 0. The van der Waals surface area contributed by atoms with Gasteiger partial charge in [0.1, 0.15) is 17.9 Å². The molecule has 0 amide bonds. The molecule has 1 fully saturated rings. The number of methoxy groups -OCH3 is 1. The summed E-state index contributed by atoms with van der Waals surface area (Å²) in [5, 5.41) is 3.11. The van der Waals surface area contributed by atoms with Crippen molar-refractivity contribution < 1.29 is 14.3 Å². The van der Waals surface area contributed by atoms with Crippen molar-refractivity contribution in [3.05, 3.63) is 42.5 Å². The van der Waals surface area contributed by atoms with Crippen LogP contribution in [0, 0.1) is 0 Å². The molecule has 0 spiro atoms. The van der Waals surface area contributed by atoms with Crippen LogP contribution in [0.1, 0.15) is 12.0 Å². The largest absolute Gasteiger partial charge is 0.489 e. The molecule has 5 heteroatoms. The molecule has 0 aliphatic carbocycles. The highest BCUT2D eigenvalue weighted by Crippen LogP contribution is 2.23. The topological polar surface area (TPSA) is 47.6 Å². The molecule has 2 rings (SSSR count). The Morgan fingerprint density at radius 3 is 2.95 bits per heavy atom. The monoisotopic (exact) mass is 297 g/mol. The number of carbonyl (C=O) groups is 1. The fraction of sp³-hybridized carbons (Fsp3) is 0.400. The van der Waals surface area contributed by atoms with Crippen molar-refractivity contribution in [3.8, 4) is 5.75 Å². The number of ether oxygens (including phenoxy) is 2. The Labute approximate surface area is 125 Å². The first-order valence-electron chi connectivity index (χ1n) is 6.41. The van der Waals surface area contributed by atoms with E-state index < -0.39 is 0 Å². The Bertz CT molecular complexity index is 464. The van der Waals surface area contributed by atoms with Crippen molar-refractivity contribution >= 4 is 18.4 Å².